The highest BCUT2D eigenvalue weighted by molar-refractivity contribution is 6.11. The molecule has 1 heterocycles. The first-order chi connectivity index (χ1) is 35.2. The van der Waals surface area contributed by atoms with Gasteiger partial charge in [-0.3, -0.25) is 0 Å². The quantitative estimate of drug-likeness (QED) is 0.135. The van der Waals surface area contributed by atoms with Gasteiger partial charge in [0.05, 0.1) is 16.7 Å². The lowest BCUT2D eigenvalue weighted by molar-refractivity contribution is 1.18. The maximum absolute atomic E-state index is 2.40. The molecular formula is C68H47N3. The molecular weight excluding hydrogens is 859 g/mol. The normalized spacial score (nSPS) is 11.4. The predicted molar refractivity (Wildman–Crippen MR) is 301 cm³/mol. The van der Waals surface area contributed by atoms with Crippen molar-refractivity contribution in [1.82, 2.24) is 4.57 Å². The van der Waals surface area contributed by atoms with Crippen molar-refractivity contribution in [3.05, 3.63) is 285 Å². The van der Waals surface area contributed by atoms with Gasteiger partial charge in [-0.05, 0) is 141 Å². The number of benzene rings is 12. The number of para-hydroxylation sites is 2. The molecule has 1 aromatic heterocycles. The molecule has 71 heavy (non-hydrogen) atoms. The average Bonchev–Trinajstić information content (AvgIpc) is 3.78. The SMILES string of the molecule is c1ccc(-c2ccc(N(c3ccc(-c4ccccc4)cc3)c3ccc(-c4ccc(N(c5ccc6ccccc6c5)c5ccc6c(c5)c5ccccc5n6-c5ccccc5)cc4)c4ccccc34)cc2)cc1. The van der Waals surface area contributed by atoms with Crippen molar-refractivity contribution >= 4 is 77.5 Å². The van der Waals surface area contributed by atoms with Gasteiger partial charge >= 0.3 is 0 Å². The van der Waals surface area contributed by atoms with Crippen LogP contribution in [0.15, 0.2) is 285 Å². The Hall–Kier alpha value is -9.44. The third-order valence-corrected chi connectivity index (χ3v) is 14.0. The van der Waals surface area contributed by atoms with Gasteiger partial charge in [-0.1, -0.05) is 194 Å². The summed E-state index contributed by atoms with van der Waals surface area (Å²) in [6.07, 6.45) is 0. The number of aromatic nitrogens is 1. The summed E-state index contributed by atoms with van der Waals surface area (Å²) in [5.74, 6) is 0. The van der Waals surface area contributed by atoms with Crippen molar-refractivity contribution in [2.45, 2.75) is 0 Å². The van der Waals surface area contributed by atoms with Crippen LogP contribution in [-0.2, 0) is 0 Å². The lowest BCUT2D eigenvalue weighted by Crippen LogP contribution is -2.11. The zero-order chi connectivity index (χ0) is 47.1. The van der Waals surface area contributed by atoms with Gasteiger partial charge in [0, 0.05) is 50.3 Å². The summed E-state index contributed by atoms with van der Waals surface area (Å²) in [6.45, 7) is 0. The molecule has 0 bridgehead atoms. The Morgan fingerprint density at radius 1 is 0.239 bits per heavy atom. The van der Waals surface area contributed by atoms with Crippen LogP contribution in [0.1, 0.15) is 0 Å². The third kappa shape index (κ3) is 7.67. The minimum atomic E-state index is 1.08. The first-order valence-electron chi connectivity index (χ1n) is 24.3. The first kappa shape index (κ1) is 41.7. The summed E-state index contributed by atoms with van der Waals surface area (Å²) in [5, 5.41) is 7.22. The summed E-state index contributed by atoms with van der Waals surface area (Å²) in [6, 6.07) is 103. The van der Waals surface area contributed by atoms with Crippen LogP contribution in [0, 0.1) is 0 Å². The van der Waals surface area contributed by atoms with Crippen molar-refractivity contribution in [3.8, 4) is 39.1 Å². The Morgan fingerprint density at radius 3 is 1.34 bits per heavy atom. The van der Waals surface area contributed by atoms with Crippen LogP contribution in [0.5, 0.6) is 0 Å². The molecule has 0 saturated heterocycles. The minimum Gasteiger partial charge on any atom is -0.310 e. The monoisotopic (exact) mass is 905 g/mol. The van der Waals surface area contributed by atoms with Crippen LogP contribution >= 0.6 is 0 Å². The van der Waals surface area contributed by atoms with E-state index in [9.17, 15) is 0 Å². The summed E-state index contributed by atoms with van der Waals surface area (Å²) in [7, 11) is 0. The lowest BCUT2D eigenvalue weighted by atomic mass is 9.95. The zero-order valence-corrected chi connectivity index (χ0v) is 39.0. The van der Waals surface area contributed by atoms with Crippen molar-refractivity contribution in [1.29, 1.82) is 0 Å². The van der Waals surface area contributed by atoms with Crippen LogP contribution in [0.3, 0.4) is 0 Å². The third-order valence-electron chi connectivity index (χ3n) is 14.0. The standard InChI is InChI=1S/C68H47N3/c1-4-16-48(17-5-1)51-28-35-57(36-29-51)70(58-37-30-52(31-38-58)49-18-6-2-7-19-49)67-45-43-61(62-24-12-13-25-63(62)67)53-33-39-56(40-34-53)69(59-41-32-50-20-10-11-21-54(50)46-59)60-42-44-68-65(47-60)64-26-14-15-27-66(64)71(68)55-22-8-3-9-23-55/h1-47H. The topological polar surface area (TPSA) is 11.4 Å². The molecule has 13 rings (SSSR count). The second-order valence-corrected chi connectivity index (χ2v) is 18.1. The molecule has 0 aliphatic carbocycles. The van der Waals surface area contributed by atoms with Crippen LogP contribution in [0.2, 0.25) is 0 Å². The van der Waals surface area contributed by atoms with Gasteiger partial charge in [0.1, 0.15) is 0 Å². The number of nitrogens with zero attached hydrogens (tertiary/aromatic N) is 3. The lowest BCUT2D eigenvalue weighted by Gasteiger charge is -2.28. The van der Waals surface area contributed by atoms with E-state index in [1.54, 1.807) is 0 Å². The molecule has 12 aromatic carbocycles. The molecule has 13 aromatic rings. The van der Waals surface area contributed by atoms with Crippen molar-refractivity contribution in [2.75, 3.05) is 9.80 Å². The van der Waals surface area contributed by atoms with E-state index in [-0.39, 0.29) is 0 Å². The highest BCUT2D eigenvalue weighted by Gasteiger charge is 2.21. The molecule has 0 amide bonds. The Morgan fingerprint density at radius 2 is 0.690 bits per heavy atom. The second-order valence-electron chi connectivity index (χ2n) is 18.1. The fraction of sp³-hybridized carbons (Fsp3) is 0. The number of hydrogen-bond donors (Lipinski definition) is 0. The fourth-order valence-corrected chi connectivity index (χ4v) is 10.5. The molecule has 0 radical (unpaired) electrons. The van der Waals surface area contributed by atoms with E-state index in [0.29, 0.717) is 0 Å². The van der Waals surface area contributed by atoms with E-state index >= 15 is 0 Å². The summed E-state index contributed by atoms with van der Waals surface area (Å²) >= 11 is 0. The van der Waals surface area contributed by atoms with E-state index in [1.807, 2.05) is 0 Å². The Kier molecular flexibility index (Phi) is 10.5. The van der Waals surface area contributed by atoms with Gasteiger partial charge in [0.25, 0.3) is 0 Å². The second kappa shape index (κ2) is 17.9. The predicted octanol–water partition coefficient (Wildman–Crippen LogP) is 19.0. The van der Waals surface area contributed by atoms with E-state index < -0.39 is 0 Å². The van der Waals surface area contributed by atoms with Crippen LogP contribution in [0.25, 0.3) is 82.4 Å². The van der Waals surface area contributed by atoms with Crippen molar-refractivity contribution < 1.29 is 0 Å². The maximum atomic E-state index is 2.40. The van der Waals surface area contributed by atoms with E-state index in [1.165, 1.54) is 71.2 Å². The molecule has 3 nitrogen and oxygen atoms in total. The first-order valence-corrected chi connectivity index (χ1v) is 24.3. The Labute approximate surface area is 414 Å². The molecule has 0 fully saturated rings. The Balaban J connectivity index is 0.916. The zero-order valence-electron chi connectivity index (χ0n) is 39.0. The van der Waals surface area contributed by atoms with Crippen LogP contribution in [0.4, 0.5) is 34.1 Å². The van der Waals surface area contributed by atoms with Gasteiger partial charge in [0.15, 0.2) is 0 Å². The minimum absolute atomic E-state index is 1.08. The molecule has 0 aliphatic rings. The number of rotatable bonds is 10. The summed E-state index contributed by atoms with van der Waals surface area (Å²) in [4.78, 5) is 4.80. The van der Waals surface area contributed by atoms with Gasteiger partial charge in [-0.25, -0.2) is 0 Å². The highest BCUT2D eigenvalue weighted by atomic mass is 15.1. The van der Waals surface area contributed by atoms with E-state index in [4.69, 9.17) is 0 Å². The molecule has 0 atom stereocenters. The highest BCUT2D eigenvalue weighted by Crippen LogP contribution is 2.45. The molecule has 0 saturated carbocycles. The van der Waals surface area contributed by atoms with Gasteiger partial charge < -0.3 is 14.4 Å². The van der Waals surface area contributed by atoms with Gasteiger partial charge in [-0.15, -0.1) is 0 Å². The fourth-order valence-electron chi connectivity index (χ4n) is 10.5. The van der Waals surface area contributed by atoms with Crippen LogP contribution in [-0.4, -0.2) is 4.57 Å². The van der Waals surface area contributed by atoms with Gasteiger partial charge in [0.2, 0.25) is 0 Å². The smallest absolute Gasteiger partial charge is 0.0542 e. The molecule has 334 valence electrons. The van der Waals surface area contributed by atoms with Crippen molar-refractivity contribution in [3.63, 3.8) is 0 Å². The number of anilines is 6. The largest absolute Gasteiger partial charge is 0.310 e. The molecule has 0 N–H and O–H groups in total. The molecule has 0 aliphatic heterocycles. The maximum Gasteiger partial charge on any atom is 0.0542 e. The molecule has 0 unspecified atom stereocenters. The molecule has 0 spiro atoms. The van der Waals surface area contributed by atoms with Crippen molar-refractivity contribution in [2.24, 2.45) is 0 Å². The number of hydrogen-bond acceptors (Lipinski definition) is 2. The van der Waals surface area contributed by atoms with E-state index in [0.717, 1.165) is 45.4 Å². The van der Waals surface area contributed by atoms with E-state index in [2.05, 4.69) is 299 Å². The summed E-state index contributed by atoms with van der Waals surface area (Å²) < 4.78 is 2.38. The molecule has 3 heteroatoms. The summed E-state index contributed by atoms with van der Waals surface area (Å²) in [5.41, 5.74) is 17.2. The Bertz CT molecular complexity index is 3930. The number of fused-ring (bicyclic) bond motifs is 5. The van der Waals surface area contributed by atoms with Crippen LogP contribution < -0.4 is 9.80 Å². The van der Waals surface area contributed by atoms with Gasteiger partial charge in [-0.2, -0.15) is 0 Å². The average molecular weight is 906 g/mol.